The number of nitrogen functional groups attached to an aromatic ring is 1. The van der Waals surface area contributed by atoms with Gasteiger partial charge in [0, 0.05) is 22.4 Å². The van der Waals surface area contributed by atoms with Crippen LogP contribution in [0.4, 0.5) is 11.4 Å². The molecule has 0 heterocycles. The monoisotopic (exact) mass is 276 g/mol. The number of nitrogens with two attached hydrogens (primary N) is 1. The molecule has 0 spiro atoms. The Balaban J connectivity index is 2.02. The Labute approximate surface area is 104 Å². The van der Waals surface area contributed by atoms with E-state index < -0.39 is 0 Å². The quantitative estimate of drug-likeness (QED) is 0.840. The van der Waals surface area contributed by atoms with Crippen LogP contribution >= 0.6 is 15.9 Å². The molecular formula is C13H13BrN2. The van der Waals surface area contributed by atoms with Crippen LogP contribution in [0.1, 0.15) is 5.56 Å². The van der Waals surface area contributed by atoms with Gasteiger partial charge in [-0.25, -0.2) is 0 Å². The Morgan fingerprint density at radius 1 is 1.06 bits per heavy atom. The maximum Gasteiger partial charge on any atom is 0.0401 e. The van der Waals surface area contributed by atoms with Gasteiger partial charge in [0.1, 0.15) is 0 Å². The molecular weight excluding hydrogens is 264 g/mol. The SMILES string of the molecule is Nc1cccc(CNc2cccc(Br)c2)c1. The van der Waals surface area contributed by atoms with Crippen LogP contribution < -0.4 is 11.1 Å². The van der Waals surface area contributed by atoms with E-state index in [1.54, 1.807) is 0 Å². The van der Waals surface area contributed by atoms with Crippen LogP contribution in [0.5, 0.6) is 0 Å². The highest BCUT2D eigenvalue weighted by Crippen LogP contribution is 2.16. The first kappa shape index (κ1) is 11.0. The van der Waals surface area contributed by atoms with E-state index in [-0.39, 0.29) is 0 Å². The van der Waals surface area contributed by atoms with Crippen molar-refractivity contribution in [1.82, 2.24) is 0 Å². The maximum atomic E-state index is 5.72. The number of hydrogen-bond donors (Lipinski definition) is 2. The fourth-order valence-corrected chi connectivity index (χ4v) is 1.90. The average Bonchev–Trinajstić information content (AvgIpc) is 2.27. The van der Waals surface area contributed by atoms with Gasteiger partial charge < -0.3 is 11.1 Å². The van der Waals surface area contributed by atoms with Crippen molar-refractivity contribution in [3.63, 3.8) is 0 Å². The molecule has 0 aliphatic rings. The molecule has 2 rings (SSSR count). The van der Waals surface area contributed by atoms with Gasteiger partial charge in [-0.15, -0.1) is 0 Å². The van der Waals surface area contributed by atoms with Crippen molar-refractivity contribution < 1.29 is 0 Å². The Bertz CT molecular complexity index is 437. The summed E-state index contributed by atoms with van der Waals surface area (Å²) in [4.78, 5) is 0. The molecule has 0 bridgehead atoms. The smallest absolute Gasteiger partial charge is 0.0401 e. The van der Waals surface area contributed by atoms with Crippen LogP contribution in [0.3, 0.4) is 0 Å². The first-order valence-corrected chi connectivity index (χ1v) is 5.87. The lowest BCUT2D eigenvalue weighted by atomic mass is 10.2. The fraction of sp³-hybridized carbons (Fsp3) is 0.0769. The molecule has 16 heavy (non-hydrogen) atoms. The van der Waals surface area contributed by atoms with E-state index in [1.807, 2.05) is 42.5 Å². The molecule has 0 aliphatic carbocycles. The third-order valence-corrected chi connectivity index (χ3v) is 2.77. The summed E-state index contributed by atoms with van der Waals surface area (Å²) in [5.74, 6) is 0. The van der Waals surface area contributed by atoms with Gasteiger partial charge in [0.05, 0.1) is 0 Å². The summed E-state index contributed by atoms with van der Waals surface area (Å²) in [6, 6.07) is 16.0. The number of benzene rings is 2. The van der Waals surface area contributed by atoms with Crippen LogP contribution in [0.25, 0.3) is 0 Å². The highest BCUT2D eigenvalue weighted by Gasteiger charge is 1.95. The fourth-order valence-electron chi connectivity index (χ4n) is 1.51. The standard InChI is InChI=1S/C13H13BrN2/c14-11-4-2-6-13(8-11)16-9-10-3-1-5-12(15)7-10/h1-8,16H,9,15H2. The van der Waals surface area contributed by atoms with Crippen molar-refractivity contribution in [3.8, 4) is 0 Å². The summed E-state index contributed by atoms with van der Waals surface area (Å²) in [6.07, 6.45) is 0. The zero-order valence-electron chi connectivity index (χ0n) is 8.78. The van der Waals surface area contributed by atoms with E-state index in [4.69, 9.17) is 5.73 Å². The van der Waals surface area contributed by atoms with E-state index in [0.29, 0.717) is 0 Å². The molecule has 2 aromatic carbocycles. The minimum absolute atomic E-state index is 0.779. The largest absolute Gasteiger partial charge is 0.399 e. The number of nitrogens with one attached hydrogen (secondary N) is 1. The zero-order chi connectivity index (χ0) is 11.4. The third-order valence-electron chi connectivity index (χ3n) is 2.27. The molecule has 3 heteroatoms. The van der Waals surface area contributed by atoms with Gasteiger partial charge in [0.15, 0.2) is 0 Å². The highest BCUT2D eigenvalue weighted by molar-refractivity contribution is 9.10. The summed E-state index contributed by atoms with van der Waals surface area (Å²) in [6.45, 7) is 0.779. The van der Waals surface area contributed by atoms with E-state index in [1.165, 1.54) is 5.56 Å². The van der Waals surface area contributed by atoms with Crippen molar-refractivity contribution in [2.24, 2.45) is 0 Å². The molecule has 0 unspecified atom stereocenters. The predicted octanol–water partition coefficient (Wildman–Crippen LogP) is 3.64. The first-order valence-electron chi connectivity index (χ1n) is 5.08. The number of halogens is 1. The lowest BCUT2D eigenvalue weighted by Gasteiger charge is -2.07. The van der Waals surface area contributed by atoms with E-state index >= 15 is 0 Å². The minimum atomic E-state index is 0.779. The predicted molar refractivity (Wildman–Crippen MR) is 72.3 cm³/mol. The number of rotatable bonds is 3. The molecule has 0 saturated carbocycles. The highest BCUT2D eigenvalue weighted by atomic mass is 79.9. The normalized spacial score (nSPS) is 10.1. The summed E-state index contributed by atoms with van der Waals surface area (Å²) < 4.78 is 1.07. The van der Waals surface area contributed by atoms with Crippen molar-refractivity contribution in [3.05, 3.63) is 58.6 Å². The summed E-state index contributed by atoms with van der Waals surface area (Å²) in [5, 5.41) is 3.34. The van der Waals surface area contributed by atoms with E-state index in [0.717, 1.165) is 22.4 Å². The van der Waals surface area contributed by atoms with Crippen LogP contribution in [0.2, 0.25) is 0 Å². The molecule has 2 aromatic rings. The number of hydrogen-bond acceptors (Lipinski definition) is 2. The molecule has 0 radical (unpaired) electrons. The van der Waals surface area contributed by atoms with Crippen LogP contribution in [-0.2, 0) is 6.54 Å². The lowest BCUT2D eigenvalue weighted by molar-refractivity contribution is 1.15. The summed E-state index contributed by atoms with van der Waals surface area (Å²) >= 11 is 3.44. The molecule has 0 saturated heterocycles. The Morgan fingerprint density at radius 3 is 2.62 bits per heavy atom. The van der Waals surface area contributed by atoms with Crippen molar-refractivity contribution in [2.75, 3.05) is 11.1 Å². The van der Waals surface area contributed by atoms with E-state index in [2.05, 4.69) is 27.3 Å². The topological polar surface area (TPSA) is 38.0 Å². The van der Waals surface area contributed by atoms with E-state index in [9.17, 15) is 0 Å². The van der Waals surface area contributed by atoms with Crippen molar-refractivity contribution in [1.29, 1.82) is 0 Å². The van der Waals surface area contributed by atoms with Gasteiger partial charge in [-0.1, -0.05) is 34.1 Å². The molecule has 0 aliphatic heterocycles. The third kappa shape index (κ3) is 3.00. The molecule has 82 valence electrons. The molecule has 3 N–H and O–H groups in total. The van der Waals surface area contributed by atoms with Gasteiger partial charge in [-0.2, -0.15) is 0 Å². The van der Waals surface area contributed by atoms with Crippen molar-refractivity contribution in [2.45, 2.75) is 6.54 Å². The van der Waals surface area contributed by atoms with Crippen molar-refractivity contribution >= 4 is 27.3 Å². The van der Waals surface area contributed by atoms with Gasteiger partial charge in [0.2, 0.25) is 0 Å². The van der Waals surface area contributed by atoms with Crippen LogP contribution in [0, 0.1) is 0 Å². The first-order chi connectivity index (χ1) is 7.74. The Kier molecular flexibility index (Phi) is 3.47. The van der Waals surface area contributed by atoms with Crippen LogP contribution in [-0.4, -0.2) is 0 Å². The Hall–Kier alpha value is -1.48. The van der Waals surface area contributed by atoms with Gasteiger partial charge in [-0.05, 0) is 35.9 Å². The Morgan fingerprint density at radius 2 is 1.88 bits per heavy atom. The second kappa shape index (κ2) is 5.03. The molecule has 0 aromatic heterocycles. The number of anilines is 2. The molecule has 0 amide bonds. The summed E-state index contributed by atoms with van der Waals surface area (Å²) in [7, 11) is 0. The zero-order valence-corrected chi connectivity index (χ0v) is 10.4. The molecule has 0 atom stereocenters. The maximum absolute atomic E-state index is 5.72. The summed E-state index contributed by atoms with van der Waals surface area (Å²) in [5.41, 5.74) is 8.79. The average molecular weight is 277 g/mol. The van der Waals surface area contributed by atoms with Gasteiger partial charge in [-0.3, -0.25) is 0 Å². The van der Waals surface area contributed by atoms with Gasteiger partial charge in [0.25, 0.3) is 0 Å². The van der Waals surface area contributed by atoms with Gasteiger partial charge >= 0.3 is 0 Å². The van der Waals surface area contributed by atoms with Crippen LogP contribution in [0.15, 0.2) is 53.0 Å². The molecule has 2 nitrogen and oxygen atoms in total. The second-order valence-electron chi connectivity index (χ2n) is 3.61. The second-order valence-corrected chi connectivity index (χ2v) is 4.52. The minimum Gasteiger partial charge on any atom is -0.399 e. The molecule has 0 fully saturated rings. The lowest BCUT2D eigenvalue weighted by Crippen LogP contribution is -1.99.